The number of amides is 1. The fraction of sp³-hybridized carbons (Fsp3) is 0. The molecule has 0 atom stereocenters. The van der Waals surface area contributed by atoms with Gasteiger partial charge in [-0.15, -0.1) is 0 Å². The zero-order valence-electron chi connectivity index (χ0n) is 10.3. The number of carbonyl (C=O) groups excluding carboxylic acids is 1. The molecule has 2 heterocycles. The minimum Gasteiger partial charge on any atom is -0.449 e. The highest BCUT2D eigenvalue weighted by atomic mass is 35.5. The van der Waals surface area contributed by atoms with Gasteiger partial charge in [0.25, 0.3) is 5.91 Å². The third kappa shape index (κ3) is 2.08. The quantitative estimate of drug-likeness (QED) is 0.757. The van der Waals surface area contributed by atoms with Crippen molar-refractivity contribution in [1.82, 2.24) is 4.98 Å². The molecule has 0 saturated heterocycles. The summed E-state index contributed by atoms with van der Waals surface area (Å²) in [6.45, 7) is 0. The third-order valence-corrected chi connectivity index (χ3v) is 3.14. The number of anilines is 2. The zero-order valence-corrected chi connectivity index (χ0v) is 11.0. The molecule has 0 saturated carbocycles. The number of pyridine rings is 1. The average molecular weight is 288 g/mol. The lowest BCUT2D eigenvalue weighted by Crippen LogP contribution is -2.13. The largest absolute Gasteiger partial charge is 0.449 e. The highest BCUT2D eigenvalue weighted by Crippen LogP contribution is 2.29. The summed E-state index contributed by atoms with van der Waals surface area (Å²) in [6.07, 6.45) is 1.53. The van der Waals surface area contributed by atoms with Gasteiger partial charge in [-0.2, -0.15) is 0 Å². The van der Waals surface area contributed by atoms with Crippen LogP contribution in [0.1, 0.15) is 10.6 Å². The fourth-order valence-corrected chi connectivity index (χ4v) is 2.04. The van der Waals surface area contributed by atoms with Crippen LogP contribution in [-0.4, -0.2) is 10.9 Å². The summed E-state index contributed by atoms with van der Waals surface area (Å²) in [5, 5.41) is 3.61. The molecule has 0 aliphatic rings. The normalized spacial score (nSPS) is 10.7. The van der Waals surface area contributed by atoms with E-state index in [-0.39, 0.29) is 11.6 Å². The maximum Gasteiger partial charge on any atom is 0.294 e. The number of fused-ring (bicyclic) bond motifs is 1. The average Bonchev–Trinajstić information content (AvgIpc) is 2.79. The van der Waals surface area contributed by atoms with Crippen molar-refractivity contribution in [3.63, 3.8) is 0 Å². The van der Waals surface area contributed by atoms with Gasteiger partial charge in [-0.1, -0.05) is 23.7 Å². The van der Waals surface area contributed by atoms with Gasteiger partial charge in [-0.3, -0.25) is 4.79 Å². The van der Waals surface area contributed by atoms with E-state index in [2.05, 4.69) is 10.3 Å². The molecule has 2 aromatic heterocycles. The van der Waals surface area contributed by atoms with Crippen molar-refractivity contribution >= 4 is 40.0 Å². The molecule has 0 fully saturated rings. The molecule has 100 valence electrons. The predicted octanol–water partition coefficient (Wildman–Crippen LogP) is 3.32. The van der Waals surface area contributed by atoms with Crippen LogP contribution in [0.4, 0.5) is 11.5 Å². The Morgan fingerprint density at radius 3 is 2.80 bits per heavy atom. The third-order valence-electron chi connectivity index (χ3n) is 2.83. The Balaban J connectivity index is 1.97. The molecule has 3 rings (SSSR count). The highest BCUT2D eigenvalue weighted by molar-refractivity contribution is 6.33. The SMILES string of the molecule is Nc1c(C(=O)Nc2ncccc2Cl)oc2ccccc12. The van der Waals surface area contributed by atoms with Gasteiger partial charge in [0.1, 0.15) is 5.58 Å². The zero-order chi connectivity index (χ0) is 14.1. The maximum absolute atomic E-state index is 12.2. The number of nitrogens with two attached hydrogens (primary N) is 1. The molecule has 0 bridgehead atoms. The van der Waals surface area contributed by atoms with E-state index >= 15 is 0 Å². The monoisotopic (exact) mass is 287 g/mol. The summed E-state index contributed by atoms with van der Waals surface area (Å²) in [5.41, 5.74) is 6.78. The molecule has 0 unspecified atom stereocenters. The number of para-hydroxylation sites is 1. The van der Waals surface area contributed by atoms with E-state index in [9.17, 15) is 4.79 Å². The number of nitrogen functional groups attached to an aromatic ring is 1. The van der Waals surface area contributed by atoms with E-state index in [0.717, 1.165) is 0 Å². The van der Waals surface area contributed by atoms with Gasteiger partial charge in [0.2, 0.25) is 5.76 Å². The lowest BCUT2D eigenvalue weighted by atomic mass is 10.2. The number of benzene rings is 1. The van der Waals surface area contributed by atoms with Crippen LogP contribution in [0.3, 0.4) is 0 Å². The minimum absolute atomic E-state index is 0.0490. The second-order valence-corrected chi connectivity index (χ2v) is 4.54. The van der Waals surface area contributed by atoms with Crippen LogP contribution < -0.4 is 11.1 Å². The first-order chi connectivity index (χ1) is 9.66. The summed E-state index contributed by atoms with van der Waals surface area (Å²) in [6, 6.07) is 10.5. The molecule has 1 amide bonds. The first-order valence-corrected chi connectivity index (χ1v) is 6.23. The molecule has 5 nitrogen and oxygen atoms in total. The Labute approximate surface area is 119 Å². The van der Waals surface area contributed by atoms with Crippen LogP contribution in [0, 0.1) is 0 Å². The number of rotatable bonds is 2. The minimum atomic E-state index is -0.487. The van der Waals surface area contributed by atoms with Crippen molar-refractivity contribution < 1.29 is 9.21 Å². The molecular formula is C14H10ClN3O2. The second-order valence-electron chi connectivity index (χ2n) is 4.13. The highest BCUT2D eigenvalue weighted by Gasteiger charge is 2.19. The van der Waals surface area contributed by atoms with Crippen molar-refractivity contribution in [2.24, 2.45) is 0 Å². The Morgan fingerprint density at radius 1 is 1.25 bits per heavy atom. The number of aromatic nitrogens is 1. The molecule has 3 aromatic rings. The fourth-order valence-electron chi connectivity index (χ4n) is 1.88. The first kappa shape index (κ1) is 12.5. The van der Waals surface area contributed by atoms with Gasteiger partial charge >= 0.3 is 0 Å². The van der Waals surface area contributed by atoms with Gasteiger partial charge in [-0.25, -0.2) is 4.98 Å². The summed E-state index contributed by atoms with van der Waals surface area (Å²) in [4.78, 5) is 16.2. The molecule has 20 heavy (non-hydrogen) atoms. The molecular weight excluding hydrogens is 278 g/mol. The number of nitrogens with one attached hydrogen (secondary N) is 1. The summed E-state index contributed by atoms with van der Waals surface area (Å²) in [5.74, 6) is -0.175. The predicted molar refractivity (Wildman–Crippen MR) is 77.8 cm³/mol. The van der Waals surface area contributed by atoms with Gasteiger partial charge in [0, 0.05) is 11.6 Å². The van der Waals surface area contributed by atoms with Gasteiger partial charge in [0.05, 0.1) is 10.7 Å². The smallest absolute Gasteiger partial charge is 0.294 e. The summed E-state index contributed by atoms with van der Waals surface area (Å²) >= 11 is 5.94. The molecule has 0 aliphatic heterocycles. The van der Waals surface area contributed by atoms with Crippen molar-refractivity contribution in [3.8, 4) is 0 Å². The number of furan rings is 1. The maximum atomic E-state index is 12.2. The van der Waals surface area contributed by atoms with E-state index in [1.54, 1.807) is 24.3 Å². The number of carbonyl (C=O) groups is 1. The topological polar surface area (TPSA) is 81.2 Å². The van der Waals surface area contributed by atoms with Gasteiger partial charge < -0.3 is 15.5 Å². The molecule has 3 N–H and O–H groups in total. The number of halogens is 1. The van der Waals surface area contributed by atoms with Crippen LogP contribution in [0.2, 0.25) is 5.02 Å². The molecule has 1 aromatic carbocycles. The molecule has 6 heteroatoms. The Bertz CT molecular complexity index is 798. The van der Waals surface area contributed by atoms with E-state index in [1.807, 2.05) is 12.1 Å². The second kappa shape index (κ2) is 4.86. The lowest BCUT2D eigenvalue weighted by Gasteiger charge is -2.04. The van der Waals surface area contributed by atoms with Crippen LogP contribution in [0.25, 0.3) is 11.0 Å². The molecule has 0 radical (unpaired) electrons. The lowest BCUT2D eigenvalue weighted by molar-refractivity contribution is 0.0999. The van der Waals surface area contributed by atoms with Crippen molar-refractivity contribution in [3.05, 3.63) is 53.4 Å². The van der Waals surface area contributed by atoms with E-state index < -0.39 is 5.91 Å². The summed E-state index contributed by atoms with van der Waals surface area (Å²) in [7, 11) is 0. The van der Waals surface area contributed by atoms with Gasteiger partial charge in [-0.05, 0) is 24.3 Å². The standard InChI is InChI=1S/C14H10ClN3O2/c15-9-5-3-7-17-13(9)18-14(19)12-11(16)8-4-1-2-6-10(8)20-12/h1-7H,16H2,(H,17,18,19). The Hall–Kier alpha value is -2.53. The van der Waals surface area contributed by atoms with Crippen LogP contribution in [0.15, 0.2) is 47.0 Å². The molecule has 0 spiro atoms. The van der Waals surface area contributed by atoms with Gasteiger partial charge in [0.15, 0.2) is 5.82 Å². The van der Waals surface area contributed by atoms with Crippen LogP contribution in [0.5, 0.6) is 0 Å². The van der Waals surface area contributed by atoms with Crippen LogP contribution in [-0.2, 0) is 0 Å². The number of hydrogen-bond donors (Lipinski definition) is 2. The van der Waals surface area contributed by atoms with E-state index in [1.165, 1.54) is 6.20 Å². The van der Waals surface area contributed by atoms with Crippen molar-refractivity contribution in [1.29, 1.82) is 0 Å². The van der Waals surface area contributed by atoms with E-state index in [4.69, 9.17) is 21.8 Å². The van der Waals surface area contributed by atoms with Crippen molar-refractivity contribution in [2.45, 2.75) is 0 Å². The van der Waals surface area contributed by atoms with E-state index in [0.29, 0.717) is 21.7 Å². The Morgan fingerprint density at radius 2 is 2.05 bits per heavy atom. The molecule has 0 aliphatic carbocycles. The summed E-state index contributed by atoms with van der Waals surface area (Å²) < 4.78 is 5.46. The Kier molecular flexibility index (Phi) is 3.04. The number of hydrogen-bond acceptors (Lipinski definition) is 4. The number of nitrogens with zero attached hydrogens (tertiary/aromatic N) is 1. The van der Waals surface area contributed by atoms with Crippen molar-refractivity contribution in [2.75, 3.05) is 11.1 Å². The first-order valence-electron chi connectivity index (χ1n) is 5.85. The van der Waals surface area contributed by atoms with Crippen LogP contribution >= 0.6 is 11.6 Å².